The van der Waals surface area contributed by atoms with Gasteiger partial charge < -0.3 is 0 Å². The Labute approximate surface area is 131 Å². The molecule has 21 heavy (non-hydrogen) atoms. The number of aryl methyl sites for hydroxylation is 1. The normalized spacial score (nSPS) is 14.8. The lowest BCUT2D eigenvalue weighted by Gasteiger charge is -2.14. The summed E-state index contributed by atoms with van der Waals surface area (Å²) in [6.07, 6.45) is 3.37. The van der Waals surface area contributed by atoms with Gasteiger partial charge in [0.2, 0.25) is 0 Å². The van der Waals surface area contributed by atoms with Crippen LogP contribution in [-0.4, -0.2) is 18.2 Å². The van der Waals surface area contributed by atoms with Crippen molar-refractivity contribution in [3.8, 4) is 0 Å². The van der Waals surface area contributed by atoms with Crippen LogP contribution in [0.15, 0.2) is 47.5 Å². The zero-order valence-electron chi connectivity index (χ0n) is 11.2. The third-order valence-corrected chi connectivity index (χ3v) is 5.86. The Kier molecular flexibility index (Phi) is 3.37. The average Bonchev–Trinajstić information content (AvgIpc) is 2.90. The number of benzene rings is 1. The molecule has 3 rings (SSSR count). The summed E-state index contributed by atoms with van der Waals surface area (Å²) in [4.78, 5) is 12.3. The zero-order chi connectivity index (χ0) is 15.2. The SMILES string of the molecule is Cc1ccc(S(=O)(=O)n2ccc3c2C(=O)CC=C3Br)cc1. The molecule has 0 N–H and O–H groups in total. The minimum Gasteiger partial charge on any atom is -0.292 e. The minimum absolute atomic E-state index is 0.171. The number of hydrogen-bond donors (Lipinski definition) is 0. The topological polar surface area (TPSA) is 56.1 Å². The average molecular weight is 366 g/mol. The van der Waals surface area contributed by atoms with Crippen molar-refractivity contribution in [3.63, 3.8) is 0 Å². The first-order valence-corrected chi connectivity index (χ1v) is 8.57. The van der Waals surface area contributed by atoms with E-state index in [0.717, 1.165) is 14.0 Å². The number of hydrogen-bond acceptors (Lipinski definition) is 3. The molecule has 0 saturated heterocycles. The summed E-state index contributed by atoms with van der Waals surface area (Å²) in [5.41, 5.74) is 1.80. The molecule has 0 unspecified atom stereocenters. The van der Waals surface area contributed by atoms with E-state index >= 15 is 0 Å². The molecule has 1 aromatic heterocycles. The van der Waals surface area contributed by atoms with Crippen molar-refractivity contribution in [2.24, 2.45) is 0 Å². The fourth-order valence-corrected chi connectivity index (χ4v) is 4.14. The summed E-state index contributed by atoms with van der Waals surface area (Å²) in [7, 11) is -3.76. The molecule has 1 aliphatic carbocycles. The molecule has 108 valence electrons. The largest absolute Gasteiger partial charge is 0.292 e. The van der Waals surface area contributed by atoms with E-state index in [1.165, 1.54) is 6.20 Å². The highest BCUT2D eigenvalue weighted by Crippen LogP contribution is 2.33. The molecule has 0 aliphatic heterocycles. The van der Waals surface area contributed by atoms with E-state index in [4.69, 9.17) is 0 Å². The van der Waals surface area contributed by atoms with Crippen LogP contribution in [0.1, 0.15) is 28.0 Å². The minimum atomic E-state index is -3.76. The van der Waals surface area contributed by atoms with E-state index in [9.17, 15) is 13.2 Å². The Morgan fingerprint density at radius 2 is 1.81 bits per heavy atom. The maximum atomic E-state index is 12.7. The van der Waals surface area contributed by atoms with Crippen LogP contribution in [0.25, 0.3) is 4.48 Å². The van der Waals surface area contributed by atoms with Gasteiger partial charge in [-0.25, -0.2) is 12.4 Å². The molecular formula is C15H12BrNO3S. The summed E-state index contributed by atoms with van der Waals surface area (Å²) in [5.74, 6) is -0.200. The van der Waals surface area contributed by atoms with Crippen LogP contribution in [-0.2, 0) is 10.0 Å². The quantitative estimate of drug-likeness (QED) is 0.819. The number of rotatable bonds is 2. The van der Waals surface area contributed by atoms with Crippen molar-refractivity contribution in [2.75, 3.05) is 0 Å². The first-order valence-electron chi connectivity index (χ1n) is 6.34. The third-order valence-electron chi connectivity index (χ3n) is 3.42. The second kappa shape index (κ2) is 4.96. The van der Waals surface area contributed by atoms with Gasteiger partial charge in [-0.3, -0.25) is 4.79 Å². The molecule has 6 heteroatoms. The van der Waals surface area contributed by atoms with Crippen molar-refractivity contribution < 1.29 is 13.2 Å². The van der Waals surface area contributed by atoms with Crippen LogP contribution in [0, 0.1) is 6.92 Å². The van der Waals surface area contributed by atoms with Crippen molar-refractivity contribution in [2.45, 2.75) is 18.2 Å². The van der Waals surface area contributed by atoms with E-state index in [1.54, 1.807) is 36.4 Å². The molecule has 2 aromatic rings. The maximum Gasteiger partial charge on any atom is 0.268 e. The number of aromatic nitrogens is 1. The number of nitrogens with zero attached hydrogens (tertiary/aromatic N) is 1. The predicted molar refractivity (Wildman–Crippen MR) is 84.0 cm³/mol. The fourth-order valence-electron chi connectivity index (χ4n) is 2.29. The van der Waals surface area contributed by atoms with Crippen molar-refractivity contribution >= 4 is 36.2 Å². The molecule has 1 aromatic carbocycles. The molecule has 0 atom stereocenters. The Balaban J connectivity index is 2.20. The van der Waals surface area contributed by atoms with Gasteiger partial charge in [-0.05, 0) is 25.1 Å². The van der Waals surface area contributed by atoms with Crippen molar-refractivity contribution in [1.29, 1.82) is 0 Å². The van der Waals surface area contributed by atoms with E-state index in [0.29, 0.717) is 5.56 Å². The summed E-state index contributed by atoms with van der Waals surface area (Å²) >= 11 is 3.36. The van der Waals surface area contributed by atoms with Crippen LogP contribution in [0.3, 0.4) is 0 Å². The van der Waals surface area contributed by atoms with Crippen molar-refractivity contribution in [3.05, 3.63) is 59.4 Å². The van der Waals surface area contributed by atoms with Gasteiger partial charge in [0.05, 0.1) is 4.90 Å². The number of halogens is 1. The summed E-state index contributed by atoms with van der Waals surface area (Å²) < 4.78 is 27.2. The Hall–Kier alpha value is -1.66. The molecule has 0 radical (unpaired) electrons. The van der Waals surface area contributed by atoms with Gasteiger partial charge in [-0.2, -0.15) is 0 Å². The monoisotopic (exact) mass is 365 g/mol. The second-order valence-corrected chi connectivity index (χ2v) is 7.54. The maximum absolute atomic E-state index is 12.7. The van der Waals surface area contributed by atoms with Gasteiger partial charge in [0.1, 0.15) is 5.69 Å². The lowest BCUT2D eigenvalue weighted by Crippen LogP contribution is -2.19. The fraction of sp³-hybridized carbons (Fsp3) is 0.133. The van der Waals surface area contributed by atoms with Crippen LogP contribution in [0.2, 0.25) is 0 Å². The lowest BCUT2D eigenvalue weighted by atomic mass is 10.0. The van der Waals surface area contributed by atoms with E-state index in [2.05, 4.69) is 15.9 Å². The summed E-state index contributed by atoms with van der Waals surface area (Å²) in [6.45, 7) is 1.89. The van der Waals surface area contributed by atoms with Gasteiger partial charge in [-0.15, -0.1) is 0 Å². The van der Waals surface area contributed by atoms with Gasteiger partial charge in [0.25, 0.3) is 10.0 Å². The van der Waals surface area contributed by atoms with Crippen LogP contribution >= 0.6 is 15.9 Å². The van der Waals surface area contributed by atoms with Gasteiger partial charge in [0.15, 0.2) is 5.78 Å². The van der Waals surface area contributed by atoms with E-state index in [-0.39, 0.29) is 22.8 Å². The molecule has 0 fully saturated rings. The highest BCUT2D eigenvalue weighted by Gasteiger charge is 2.28. The molecular weight excluding hydrogens is 354 g/mol. The van der Waals surface area contributed by atoms with Crippen LogP contribution in [0.5, 0.6) is 0 Å². The van der Waals surface area contributed by atoms with Gasteiger partial charge in [0, 0.05) is 22.7 Å². The highest BCUT2D eigenvalue weighted by atomic mass is 79.9. The Morgan fingerprint density at radius 1 is 1.14 bits per heavy atom. The number of allylic oxidation sites excluding steroid dienone is 1. The molecule has 0 saturated carbocycles. The standard InChI is InChI=1S/C15H12BrNO3S/c1-10-2-4-11(5-3-10)21(19,20)17-9-8-12-13(16)6-7-14(18)15(12)17/h2-6,8-9H,7H2,1H3. The molecule has 1 heterocycles. The van der Waals surface area contributed by atoms with Crippen LogP contribution in [0.4, 0.5) is 0 Å². The summed E-state index contributed by atoms with van der Waals surface area (Å²) in [6, 6.07) is 8.21. The first-order chi connectivity index (χ1) is 9.91. The zero-order valence-corrected chi connectivity index (χ0v) is 13.6. The number of carbonyl (C=O) groups excluding carboxylic acids is 1. The second-order valence-electron chi connectivity index (χ2n) is 4.87. The molecule has 0 bridgehead atoms. The van der Waals surface area contributed by atoms with Crippen LogP contribution < -0.4 is 0 Å². The summed E-state index contributed by atoms with van der Waals surface area (Å²) in [5, 5.41) is 0. The number of ketones is 1. The number of Topliss-reactive ketones (excluding diaryl/α,β-unsaturated/α-hetero) is 1. The molecule has 4 nitrogen and oxygen atoms in total. The number of fused-ring (bicyclic) bond motifs is 1. The smallest absolute Gasteiger partial charge is 0.268 e. The lowest BCUT2D eigenvalue weighted by molar-refractivity contribution is 0.0988. The highest BCUT2D eigenvalue weighted by molar-refractivity contribution is 9.15. The first kappa shape index (κ1) is 14.3. The molecule has 0 amide bonds. The van der Waals surface area contributed by atoms with Gasteiger partial charge >= 0.3 is 0 Å². The molecule has 0 spiro atoms. The molecule has 1 aliphatic rings. The van der Waals surface area contributed by atoms with E-state index in [1.807, 2.05) is 6.92 Å². The Bertz CT molecular complexity index is 861. The van der Waals surface area contributed by atoms with Gasteiger partial charge in [-0.1, -0.05) is 39.7 Å². The Morgan fingerprint density at radius 3 is 2.48 bits per heavy atom. The predicted octanol–water partition coefficient (Wildman–Crippen LogP) is 3.36. The van der Waals surface area contributed by atoms with Crippen molar-refractivity contribution in [1.82, 2.24) is 3.97 Å². The third kappa shape index (κ3) is 2.28. The van der Waals surface area contributed by atoms with E-state index < -0.39 is 10.0 Å². The number of carbonyl (C=O) groups is 1.